The molecule has 0 fully saturated rings. The van der Waals surface area contributed by atoms with Gasteiger partial charge in [-0.1, -0.05) is 6.08 Å². The first-order valence-corrected chi connectivity index (χ1v) is 4.86. The third-order valence-electron chi connectivity index (χ3n) is 2.50. The van der Waals surface area contributed by atoms with Gasteiger partial charge in [0.15, 0.2) is 0 Å². The quantitative estimate of drug-likeness (QED) is 0.688. The van der Waals surface area contributed by atoms with Crippen molar-refractivity contribution in [2.75, 3.05) is 5.32 Å². The first kappa shape index (κ1) is 10.1. The van der Waals surface area contributed by atoms with Gasteiger partial charge >= 0.3 is 0 Å². The van der Waals surface area contributed by atoms with E-state index < -0.39 is 11.6 Å². The summed E-state index contributed by atoms with van der Waals surface area (Å²) in [5, 5.41) is 3.04. The van der Waals surface area contributed by atoms with Gasteiger partial charge in [0, 0.05) is 11.6 Å². The van der Waals surface area contributed by atoms with Gasteiger partial charge in [-0.25, -0.2) is 8.78 Å². The molecule has 1 aromatic rings. The number of allylic oxidation sites excluding steroid dienone is 1. The highest BCUT2D eigenvalue weighted by molar-refractivity contribution is 5.80. The van der Waals surface area contributed by atoms with Gasteiger partial charge in [-0.05, 0) is 32.4 Å². The molecule has 1 aromatic carbocycles. The van der Waals surface area contributed by atoms with E-state index in [0.29, 0.717) is 11.3 Å². The summed E-state index contributed by atoms with van der Waals surface area (Å²) in [5.74, 6) is -1.08. The Bertz CT molecular complexity index is 447. The molecule has 0 radical (unpaired) electrons. The molecule has 0 aliphatic carbocycles. The average molecular weight is 209 g/mol. The highest BCUT2D eigenvalue weighted by atomic mass is 19.1. The number of benzene rings is 1. The lowest BCUT2D eigenvalue weighted by atomic mass is 9.91. The van der Waals surface area contributed by atoms with Crippen LogP contribution in [0.1, 0.15) is 26.3 Å². The molecule has 0 amide bonds. The van der Waals surface area contributed by atoms with Crippen molar-refractivity contribution in [2.24, 2.45) is 0 Å². The van der Waals surface area contributed by atoms with Crippen LogP contribution in [0, 0.1) is 11.6 Å². The Balaban J connectivity index is 2.65. The Morgan fingerprint density at radius 2 is 1.87 bits per heavy atom. The molecule has 15 heavy (non-hydrogen) atoms. The van der Waals surface area contributed by atoms with Crippen LogP contribution in [-0.4, -0.2) is 5.54 Å². The van der Waals surface area contributed by atoms with Crippen molar-refractivity contribution in [3.05, 3.63) is 35.4 Å². The van der Waals surface area contributed by atoms with Gasteiger partial charge in [0.1, 0.15) is 11.6 Å². The predicted octanol–water partition coefficient (Wildman–Crippen LogP) is 3.57. The van der Waals surface area contributed by atoms with Crippen molar-refractivity contribution in [1.82, 2.24) is 0 Å². The standard InChI is InChI=1S/C12H13F2N/c1-7-6-12(2,3)15-11-9(7)4-8(13)5-10(11)14/h4-6,15H,1-3H3. The fourth-order valence-corrected chi connectivity index (χ4v) is 1.99. The normalized spacial score (nSPS) is 17.8. The minimum Gasteiger partial charge on any atom is -0.374 e. The van der Waals surface area contributed by atoms with Gasteiger partial charge in [-0.15, -0.1) is 0 Å². The molecule has 1 aliphatic heterocycles. The van der Waals surface area contributed by atoms with Crippen LogP contribution < -0.4 is 5.32 Å². The number of rotatable bonds is 0. The van der Waals surface area contributed by atoms with Crippen LogP contribution in [0.15, 0.2) is 18.2 Å². The number of halogens is 2. The highest BCUT2D eigenvalue weighted by Gasteiger charge is 2.25. The smallest absolute Gasteiger partial charge is 0.149 e. The lowest BCUT2D eigenvalue weighted by Crippen LogP contribution is -2.32. The molecule has 1 nitrogen and oxygen atoms in total. The maximum atomic E-state index is 13.5. The Kier molecular flexibility index (Phi) is 2.07. The number of fused-ring (bicyclic) bond motifs is 1. The topological polar surface area (TPSA) is 12.0 Å². The summed E-state index contributed by atoms with van der Waals surface area (Å²) in [6.45, 7) is 5.75. The monoisotopic (exact) mass is 209 g/mol. The minimum absolute atomic E-state index is 0.296. The van der Waals surface area contributed by atoms with E-state index in [9.17, 15) is 8.78 Å². The zero-order valence-corrected chi connectivity index (χ0v) is 8.99. The molecule has 0 unspecified atom stereocenters. The molecule has 2 rings (SSSR count). The Labute approximate surface area is 87.8 Å². The van der Waals surface area contributed by atoms with E-state index in [1.54, 1.807) is 0 Å². The molecule has 3 heteroatoms. The molecule has 0 saturated heterocycles. The molecule has 80 valence electrons. The van der Waals surface area contributed by atoms with Gasteiger partial charge < -0.3 is 5.32 Å². The Morgan fingerprint density at radius 3 is 2.53 bits per heavy atom. The molecule has 0 spiro atoms. The fraction of sp³-hybridized carbons (Fsp3) is 0.333. The zero-order chi connectivity index (χ0) is 11.2. The summed E-state index contributed by atoms with van der Waals surface area (Å²) in [5.41, 5.74) is 1.59. The van der Waals surface area contributed by atoms with E-state index in [2.05, 4.69) is 5.32 Å². The third kappa shape index (κ3) is 1.74. The summed E-state index contributed by atoms with van der Waals surface area (Å²) in [6, 6.07) is 2.26. The first-order valence-electron chi connectivity index (χ1n) is 4.86. The third-order valence-corrected chi connectivity index (χ3v) is 2.50. The molecule has 0 saturated carbocycles. The van der Waals surface area contributed by atoms with Gasteiger partial charge in [0.2, 0.25) is 0 Å². The van der Waals surface area contributed by atoms with Crippen LogP contribution in [0.2, 0.25) is 0 Å². The van der Waals surface area contributed by atoms with Gasteiger partial charge in [0.25, 0.3) is 0 Å². The predicted molar refractivity (Wildman–Crippen MR) is 57.7 cm³/mol. The molecule has 0 aromatic heterocycles. The summed E-state index contributed by atoms with van der Waals surface area (Å²) < 4.78 is 26.5. The number of nitrogens with one attached hydrogen (secondary N) is 1. The van der Waals surface area contributed by atoms with Crippen LogP contribution in [0.5, 0.6) is 0 Å². The van der Waals surface area contributed by atoms with Gasteiger partial charge in [-0.3, -0.25) is 0 Å². The van der Waals surface area contributed by atoms with E-state index in [1.165, 1.54) is 6.07 Å². The van der Waals surface area contributed by atoms with Gasteiger partial charge in [0.05, 0.1) is 11.2 Å². The van der Waals surface area contributed by atoms with Crippen molar-refractivity contribution in [2.45, 2.75) is 26.3 Å². The van der Waals surface area contributed by atoms with Crippen LogP contribution in [-0.2, 0) is 0 Å². The molecule has 1 N–H and O–H groups in total. The number of hydrogen-bond donors (Lipinski definition) is 1. The molecular weight excluding hydrogens is 196 g/mol. The summed E-state index contributed by atoms with van der Waals surface area (Å²) in [7, 11) is 0. The second-order valence-electron chi connectivity index (χ2n) is 4.48. The molecule has 1 aliphatic rings. The van der Waals surface area contributed by atoms with Crippen molar-refractivity contribution in [3.63, 3.8) is 0 Å². The molecule has 0 atom stereocenters. The Hall–Kier alpha value is -1.38. The summed E-state index contributed by atoms with van der Waals surface area (Å²) in [6.07, 6.45) is 1.97. The summed E-state index contributed by atoms with van der Waals surface area (Å²) in [4.78, 5) is 0. The SMILES string of the molecule is CC1=CC(C)(C)Nc2c(F)cc(F)cc21. The van der Waals surface area contributed by atoms with E-state index in [1.807, 2.05) is 26.8 Å². The molecule has 1 heterocycles. The lowest BCUT2D eigenvalue weighted by molar-refractivity contribution is 0.577. The fourth-order valence-electron chi connectivity index (χ4n) is 1.99. The second kappa shape index (κ2) is 3.05. The van der Waals surface area contributed by atoms with E-state index in [0.717, 1.165) is 11.6 Å². The lowest BCUT2D eigenvalue weighted by Gasteiger charge is -2.31. The first-order chi connectivity index (χ1) is 6.89. The largest absolute Gasteiger partial charge is 0.374 e. The van der Waals surface area contributed by atoms with Crippen LogP contribution in [0.3, 0.4) is 0 Å². The maximum Gasteiger partial charge on any atom is 0.149 e. The second-order valence-corrected chi connectivity index (χ2v) is 4.48. The van der Waals surface area contributed by atoms with Crippen molar-refractivity contribution >= 4 is 11.3 Å². The zero-order valence-electron chi connectivity index (χ0n) is 8.99. The molecular formula is C12H13F2N. The number of anilines is 1. The summed E-state index contributed by atoms with van der Waals surface area (Å²) >= 11 is 0. The minimum atomic E-state index is -0.541. The van der Waals surface area contributed by atoms with Crippen LogP contribution >= 0.6 is 0 Å². The number of hydrogen-bond acceptors (Lipinski definition) is 1. The van der Waals surface area contributed by atoms with Crippen molar-refractivity contribution in [3.8, 4) is 0 Å². The van der Waals surface area contributed by atoms with Gasteiger partial charge in [-0.2, -0.15) is 0 Å². The maximum absolute atomic E-state index is 13.5. The van der Waals surface area contributed by atoms with Crippen molar-refractivity contribution < 1.29 is 8.78 Å². The van der Waals surface area contributed by atoms with E-state index >= 15 is 0 Å². The Morgan fingerprint density at radius 1 is 1.20 bits per heavy atom. The molecule has 0 bridgehead atoms. The van der Waals surface area contributed by atoms with Crippen molar-refractivity contribution in [1.29, 1.82) is 0 Å². The van der Waals surface area contributed by atoms with Crippen LogP contribution in [0.25, 0.3) is 5.57 Å². The van der Waals surface area contributed by atoms with E-state index in [-0.39, 0.29) is 5.54 Å². The van der Waals surface area contributed by atoms with E-state index in [4.69, 9.17) is 0 Å². The highest BCUT2D eigenvalue weighted by Crippen LogP contribution is 2.35. The average Bonchev–Trinajstić information content (AvgIpc) is 2.06. The van der Waals surface area contributed by atoms with Crippen LogP contribution in [0.4, 0.5) is 14.5 Å².